The quantitative estimate of drug-likeness (QED) is 0.792. The third kappa shape index (κ3) is 3.78. The standard InChI is InChI=1S/C19H26N2O3/c1-14(2)24-18(22)13-21-12-16-8-4-3-7-15(16)11-17(21)19(23)20-9-5-6-10-20/h3-4,7-8,14,17H,5-6,9-13H2,1-2H3/t17-/m0/s1. The molecule has 1 amide bonds. The lowest BCUT2D eigenvalue weighted by Crippen LogP contribution is -2.52. The van der Waals surface area contributed by atoms with E-state index in [0.29, 0.717) is 13.0 Å². The first-order valence-electron chi connectivity index (χ1n) is 8.83. The van der Waals surface area contributed by atoms with Crippen LogP contribution in [0.1, 0.15) is 37.8 Å². The number of esters is 1. The highest BCUT2D eigenvalue weighted by Gasteiger charge is 2.36. The van der Waals surface area contributed by atoms with Crippen LogP contribution in [-0.4, -0.2) is 53.5 Å². The van der Waals surface area contributed by atoms with Crippen molar-refractivity contribution in [3.05, 3.63) is 35.4 Å². The van der Waals surface area contributed by atoms with Crippen molar-refractivity contribution >= 4 is 11.9 Å². The van der Waals surface area contributed by atoms with Crippen LogP contribution in [0.3, 0.4) is 0 Å². The lowest BCUT2D eigenvalue weighted by Gasteiger charge is -2.37. The Hall–Kier alpha value is -1.88. The van der Waals surface area contributed by atoms with E-state index >= 15 is 0 Å². The van der Waals surface area contributed by atoms with Gasteiger partial charge in [-0.25, -0.2) is 0 Å². The first-order chi connectivity index (χ1) is 11.5. The molecule has 2 heterocycles. The first-order valence-corrected chi connectivity index (χ1v) is 8.83. The molecule has 2 aliphatic heterocycles. The van der Waals surface area contributed by atoms with E-state index in [2.05, 4.69) is 12.1 Å². The highest BCUT2D eigenvalue weighted by atomic mass is 16.5. The molecule has 2 aliphatic rings. The second kappa shape index (κ2) is 7.34. The first kappa shape index (κ1) is 17.0. The maximum absolute atomic E-state index is 13.0. The monoisotopic (exact) mass is 330 g/mol. The molecule has 0 radical (unpaired) electrons. The molecule has 0 aromatic heterocycles. The van der Waals surface area contributed by atoms with Crippen molar-refractivity contribution in [1.29, 1.82) is 0 Å². The van der Waals surface area contributed by atoms with Crippen LogP contribution < -0.4 is 0 Å². The number of fused-ring (bicyclic) bond motifs is 1. The van der Waals surface area contributed by atoms with Gasteiger partial charge in [-0.2, -0.15) is 0 Å². The fourth-order valence-corrected chi connectivity index (χ4v) is 3.60. The van der Waals surface area contributed by atoms with E-state index in [1.165, 1.54) is 11.1 Å². The summed E-state index contributed by atoms with van der Waals surface area (Å²) in [7, 11) is 0. The molecule has 0 unspecified atom stereocenters. The maximum Gasteiger partial charge on any atom is 0.320 e. The summed E-state index contributed by atoms with van der Waals surface area (Å²) in [4.78, 5) is 29.0. The molecule has 0 saturated carbocycles. The number of hydrogen-bond donors (Lipinski definition) is 0. The number of ether oxygens (including phenoxy) is 1. The molecule has 1 aromatic rings. The second-order valence-electron chi connectivity index (χ2n) is 6.96. The van der Waals surface area contributed by atoms with Gasteiger partial charge in [0.2, 0.25) is 5.91 Å². The summed E-state index contributed by atoms with van der Waals surface area (Å²) in [6.07, 6.45) is 2.68. The molecule has 5 heteroatoms. The minimum absolute atomic E-state index is 0.137. The van der Waals surface area contributed by atoms with Crippen LogP contribution in [0.15, 0.2) is 24.3 Å². The fraction of sp³-hybridized carbons (Fsp3) is 0.579. The molecular formula is C19H26N2O3. The summed E-state index contributed by atoms with van der Waals surface area (Å²) in [6.45, 7) is 6.14. The van der Waals surface area contributed by atoms with E-state index in [1.807, 2.05) is 35.8 Å². The highest BCUT2D eigenvalue weighted by Crippen LogP contribution is 2.25. The van der Waals surface area contributed by atoms with Crippen molar-refractivity contribution in [2.45, 2.75) is 51.8 Å². The fourth-order valence-electron chi connectivity index (χ4n) is 3.60. The Morgan fingerprint density at radius 2 is 1.83 bits per heavy atom. The van der Waals surface area contributed by atoms with Crippen LogP contribution in [0, 0.1) is 0 Å². The van der Waals surface area contributed by atoms with Crippen molar-refractivity contribution in [3.8, 4) is 0 Å². The van der Waals surface area contributed by atoms with Crippen LogP contribution in [-0.2, 0) is 27.3 Å². The van der Waals surface area contributed by atoms with E-state index in [0.717, 1.165) is 25.9 Å². The molecule has 24 heavy (non-hydrogen) atoms. The van der Waals surface area contributed by atoms with E-state index in [4.69, 9.17) is 4.74 Å². The van der Waals surface area contributed by atoms with Gasteiger partial charge in [-0.3, -0.25) is 14.5 Å². The second-order valence-corrected chi connectivity index (χ2v) is 6.96. The average Bonchev–Trinajstić information content (AvgIpc) is 3.07. The van der Waals surface area contributed by atoms with Crippen molar-refractivity contribution in [1.82, 2.24) is 9.80 Å². The van der Waals surface area contributed by atoms with Crippen molar-refractivity contribution < 1.29 is 14.3 Å². The van der Waals surface area contributed by atoms with Crippen molar-refractivity contribution in [3.63, 3.8) is 0 Å². The smallest absolute Gasteiger partial charge is 0.320 e. The van der Waals surface area contributed by atoms with Gasteiger partial charge >= 0.3 is 5.97 Å². The zero-order valence-electron chi connectivity index (χ0n) is 14.5. The Morgan fingerprint density at radius 3 is 2.50 bits per heavy atom. The van der Waals surface area contributed by atoms with E-state index in [1.54, 1.807) is 0 Å². The summed E-state index contributed by atoms with van der Waals surface area (Å²) in [5.74, 6) is -0.108. The van der Waals surface area contributed by atoms with Gasteiger partial charge in [0.25, 0.3) is 0 Å². The molecular weight excluding hydrogens is 304 g/mol. The van der Waals surface area contributed by atoms with Crippen LogP contribution in [0.25, 0.3) is 0 Å². The number of likely N-dealkylation sites (tertiary alicyclic amines) is 1. The molecule has 1 atom stereocenters. The van der Waals surface area contributed by atoms with Gasteiger partial charge in [-0.05, 0) is 44.2 Å². The summed E-state index contributed by atoms with van der Waals surface area (Å²) in [5, 5.41) is 0. The maximum atomic E-state index is 13.0. The van der Waals surface area contributed by atoms with E-state index in [9.17, 15) is 9.59 Å². The van der Waals surface area contributed by atoms with Gasteiger partial charge < -0.3 is 9.64 Å². The summed E-state index contributed by atoms with van der Waals surface area (Å²) >= 11 is 0. The highest BCUT2D eigenvalue weighted by molar-refractivity contribution is 5.84. The molecule has 0 bridgehead atoms. The third-order valence-electron chi connectivity index (χ3n) is 4.75. The van der Waals surface area contributed by atoms with Crippen LogP contribution in [0.2, 0.25) is 0 Å². The third-order valence-corrected chi connectivity index (χ3v) is 4.75. The molecule has 3 rings (SSSR count). The minimum atomic E-state index is -0.266. The van der Waals surface area contributed by atoms with Gasteiger partial charge in [-0.15, -0.1) is 0 Å². The number of benzene rings is 1. The predicted octanol–water partition coefficient (Wildman–Crippen LogP) is 1.99. The molecule has 1 aromatic carbocycles. The molecule has 0 N–H and O–H groups in total. The zero-order chi connectivity index (χ0) is 17.1. The number of rotatable bonds is 4. The number of hydrogen-bond acceptors (Lipinski definition) is 4. The topological polar surface area (TPSA) is 49.9 Å². The van der Waals surface area contributed by atoms with Gasteiger partial charge in [0, 0.05) is 19.6 Å². The molecule has 5 nitrogen and oxygen atoms in total. The van der Waals surface area contributed by atoms with Crippen molar-refractivity contribution in [2.24, 2.45) is 0 Å². The Balaban J connectivity index is 1.79. The average molecular weight is 330 g/mol. The molecule has 0 aliphatic carbocycles. The van der Waals surface area contributed by atoms with Gasteiger partial charge in [-0.1, -0.05) is 24.3 Å². The van der Waals surface area contributed by atoms with Gasteiger partial charge in [0.15, 0.2) is 0 Å². The summed E-state index contributed by atoms with van der Waals surface area (Å²) in [5.41, 5.74) is 2.41. The lowest BCUT2D eigenvalue weighted by atomic mass is 9.93. The van der Waals surface area contributed by atoms with Gasteiger partial charge in [0.1, 0.15) is 0 Å². The Morgan fingerprint density at radius 1 is 1.17 bits per heavy atom. The number of amides is 1. The molecule has 1 fully saturated rings. The summed E-state index contributed by atoms with van der Waals surface area (Å²) in [6, 6.07) is 7.92. The number of carbonyl (C=O) groups excluding carboxylic acids is 2. The minimum Gasteiger partial charge on any atom is -0.462 e. The normalized spacial score (nSPS) is 21.0. The van der Waals surface area contributed by atoms with Crippen LogP contribution >= 0.6 is 0 Å². The Kier molecular flexibility index (Phi) is 5.19. The summed E-state index contributed by atoms with van der Waals surface area (Å²) < 4.78 is 5.29. The Bertz CT molecular complexity index is 608. The SMILES string of the molecule is CC(C)OC(=O)CN1Cc2ccccc2C[C@H]1C(=O)N1CCCC1. The Labute approximate surface area is 143 Å². The van der Waals surface area contributed by atoms with Crippen LogP contribution in [0.5, 0.6) is 0 Å². The zero-order valence-corrected chi connectivity index (χ0v) is 14.5. The van der Waals surface area contributed by atoms with E-state index in [-0.39, 0.29) is 30.6 Å². The molecule has 1 saturated heterocycles. The van der Waals surface area contributed by atoms with Crippen molar-refractivity contribution in [2.75, 3.05) is 19.6 Å². The molecule has 0 spiro atoms. The molecule has 130 valence electrons. The van der Waals surface area contributed by atoms with Gasteiger partial charge in [0.05, 0.1) is 18.7 Å². The predicted molar refractivity (Wildman–Crippen MR) is 91.4 cm³/mol. The largest absolute Gasteiger partial charge is 0.462 e. The number of carbonyl (C=O) groups is 2. The van der Waals surface area contributed by atoms with Crippen LogP contribution in [0.4, 0.5) is 0 Å². The lowest BCUT2D eigenvalue weighted by molar-refractivity contribution is -0.151. The van der Waals surface area contributed by atoms with E-state index < -0.39 is 0 Å². The number of nitrogens with zero attached hydrogens (tertiary/aromatic N) is 2.